The molecule has 1 heterocycles. The van der Waals surface area contributed by atoms with E-state index in [4.69, 9.17) is 0 Å². The maximum Gasteiger partial charge on any atom is 0.187 e. The van der Waals surface area contributed by atoms with Gasteiger partial charge in [-0.05, 0) is 12.1 Å². The molecule has 1 N–H and O–H groups in total. The van der Waals surface area contributed by atoms with Crippen molar-refractivity contribution in [3.05, 3.63) is 41.4 Å². The zero-order valence-corrected chi connectivity index (χ0v) is 9.16. The number of carbonyl (C=O) groups excluding carboxylic acids is 1. The largest absolute Gasteiger partial charge is 0.550 e. The van der Waals surface area contributed by atoms with Gasteiger partial charge in [-0.1, -0.05) is 18.2 Å². The molecular weight excluding hydrogens is 224 g/mol. The number of nitrogens with one attached hydrogen (secondary N) is 1. The van der Waals surface area contributed by atoms with Crippen LogP contribution in [0.2, 0.25) is 0 Å². The fourth-order valence-electron chi connectivity index (χ4n) is 1.24. The van der Waals surface area contributed by atoms with Crippen LogP contribution in [0.5, 0.6) is 0 Å². The zero-order valence-electron chi connectivity index (χ0n) is 8.34. The number of anilines is 2. The van der Waals surface area contributed by atoms with Gasteiger partial charge < -0.3 is 15.2 Å². The van der Waals surface area contributed by atoms with E-state index >= 15 is 0 Å². The molecular formula is C11H9N2O2S-. The monoisotopic (exact) mass is 233 g/mol. The summed E-state index contributed by atoms with van der Waals surface area (Å²) in [6.45, 7) is 0. The van der Waals surface area contributed by atoms with Crippen molar-refractivity contribution < 1.29 is 9.90 Å². The lowest BCUT2D eigenvalue weighted by Gasteiger charge is -2.01. The quantitative estimate of drug-likeness (QED) is 0.861. The number of hydrogen-bond donors (Lipinski definition) is 1. The first kappa shape index (κ1) is 10.6. The Morgan fingerprint density at radius 2 is 2.12 bits per heavy atom. The highest BCUT2D eigenvalue weighted by atomic mass is 32.1. The molecule has 0 aliphatic carbocycles. The number of hydrogen-bond acceptors (Lipinski definition) is 5. The Bertz CT molecular complexity index is 482. The Morgan fingerprint density at radius 3 is 2.81 bits per heavy atom. The third-order valence-electron chi connectivity index (χ3n) is 1.90. The summed E-state index contributed by atoms with van der Waals surface area (Å²) in [6, 6.07) is 9.59. The van der Waals surface area contributed by atoms with Crippen LogP contribution in [-0.4, -0.2) is 11.0 Å². The smallest absolute Gasteiger partial charge is 0.187 e. The summed E-state index contributed by atoms with van der Waals surface area (Å²) in [5.74, 6) is -1.11. The van der Waals surface area contributed by atoms with Crippen molar-refractivity contribution in [1.82, 2.24) is 4.98 Å². The molecule has 5 heteroatoms. The van der Waals surface area contributed by atoms with Gasteiger partial charge in [0.25, 0.3) is 0 Å². The molecule has 0 unspecified atom stereocenters. The van der Waals surface area contributed by atoms with E-state index in [0.717, 1.165) is 5.69 Å². The molecule has 0 bridgehead atoms. The lowest BCUT2D eigenvalue weighted by atomic mass is 10.3. The first-order chi connectivity index (χ1) is 7.74. The lowest BCUT2D eigenvalue weighted by Crippen LogP contribution is -2.24. The van der Waals surface area contributed by atoms with E-state index in [2.05, 4.69) is 10.3 Å². The molecule has 0 saturated heterocycles. The van der Waals surface area contributed by atoms with Crippen LogP contribution in [0.15, 0.2) is 35.7 Å². The van der Waals surface area contributed by atoms with Crippen molar-refractivity contribution in [2.45, 2.75) is 6.42 Å². The van der Waals surface area contributed by atoms with E-state index in [1.807, 2.05) is 30.3 Å². The molecule has 0 atom stereocenters. The summed E-state index contributed by atoms with van der Waals surface area (Å²) >= 11 is 1.37. The van der Waals surface area contributed by atoms with Crippen molar-refractivity contribution in [3.63, 3.8) is 0 Å². The van der Waals surface area contributed by atoms with E-state index in [9.17, 15) is 9.90 Å². The number of para-hydroxylation sites is 1. The average Bonchev–Trinajstić information content (AvgIpc) is 2.66. The zero-order chi connectivity index (χ0) is 11.4. The second-order valence-corrected chi connectivity index (χ2v) is 4.04. The fourth-order valence-corrected chi connectivity index (χ4v) is 1.97. The maximum atomic E-state index is 10.4. The minimum absolute atomic E-state index is 0.146. The van der Waals surface area contributed by atoms with Gasteiger partial charge in [-0.2, -0.15) is 0 Å². The van der Waals surface area contributed by atoms with Crippen LogP contribution < -0.4 is 10.4 Å². The molecule has 82 valence electrons. The lowest BCUT2D eigenvalue weighted by molar-refractivity contribution is -0.304. The molecule has 1 aromatic heterocycles. The van der Waals surface area contributed by atoms with E-state index in [1.165, 1.54) is 11.3 Å². The number of carbonyl (C=O) groups is 1. The van der Waals surface area contributed by atoms with Gasteiger partial charge in [-0.25, -0.2) is 4.98 Å². The summed E-state index contributed by atoms with van der Waals surface area (Å²) in [5, 5.41) is 15.9. The predicted octanol–water partition coefficient (Wildman–Crippen LogP) is 1.18. The molecule has 0 fully saturated rings. The second-order valence-electron chi connectivity index (χ2n) is 3.18. The van der Waals surface area contributed by atoms with Gasteiger partial charge in [-0.3, -0.25) is 0 Å². The van der Waals surface area contributed by atoms with Gasteiger partial charge in [0.15, 0.2) is 5.13 Å². The average molecular weight is 233 g/mol. The predicted molar refractivity (Wildman–Crippen MR) is 60.5 cm³/mol. The van der Waals surface area contributed by atoms with E-state index in [1.54, 1.807) is 5.38 Å². The Kier molecular flexibility index (Phi) is 3.16. The molecule has 2 aromatic rings. The molecule has 0 aliphatic heterocycles. The van der Waals surface area contributed by atoms with Gasteiger partial charge in [0, 0.05) is 23.5 Å². The molecule has 2 rings (SSSR count). The Morgan fingerprint density at radius 1 is 1.38 bits per heavy atom. The van der Waals surface area contributed by atoms with Crippen LogP contribution in [0.4, 0.5) is 10.8 Å². The molecule has 0 radical (unpaired) electrons. The van der Waals surface area contributed by atoms with Crippen LogP contribution in [0.25, 0.3) is 0 Å². The molecule has 1 aromatic carbocycles. The Labute approximate surface area is 96.6 Å². The van der Waals surface area contributed by atoms with E-state index in [0.29, 0.717) is 10.8 Å². The van der Waals surface area contributed by atoms with Gasteiger partial charge in [0.05, 0.1) is 5.69 Å². The number of rotatable bonds is 4. The number of carboxylic acid groups (broad SMARTS) is 1. The maximum absolute atomic E-state index is 10.4. The van der Waals surface area contributed by atoms with Gasteiger partial charge in [0.2, 0.25) is 0 Å². The summed E-state index contributed by atoms with van der Waals surface area (Å²) in [5.41, 5.74) is 1.44. The van der Waals surface area contributed by atoms with Crippen LogP contribution in [-0.2, 0) is 11.2 Å². The normalized spacial score (nSPS) is 10.0. The topological polar surface area (TPSA) is 65.0 Å². The van der Waals surface area contributed by atoms with Crippen LogP contribution in [0.1, 0.15) is 5.69 Å². The van der Waals surface area contributed by atoms with Gasteiger partial charge >= 0.3 is 0 Å². The van der Waals surface area contributed by atoms with Crippen LogP contribution in [0, 0.1) is 0 Å². The number of aliphatic carboxylic acids is 1. The number of thiazole rings is 1. The third kappa shape index (κ3) is 2.80. The molecule has 0 amide bonds. The summed E-state index contributed by atoms with van der Waals surface area (Å²) < 4.78 is 0. The van der Waals surface area contributed by atoms with Crippen molar-refractivity contribution in [3.8, 4) is 0 Å². The number of aromatic nitrogens is 1. The highest BCUT2D eigenvalue weighted by molar-refractivity contribution is 7.13. The van der Waals surface area contributed by atoms with Crippen molar-refractivity contribution in [2.75, 3.05) is 5.32 Å². The van der Waals surface area contributed by atoms with E-state index in [-0.39, 0.29) is 6.42 Å². The van der Waals surface area contributed by atoms with Crippen LogP contribution >= 0.6 is 11.3 Å². The fraction of sp³-hybridized carbons (Fsp3) is 0.0909. The summed E-state index contributed by atoms with van der Waals surface area (Å²) in [7, 11) is 0. The van der Waals surface area contributed by atoms with Gasteiger partial charge in [-0.15, -0.1) is 11.3 Å². The van der Waals surface area contributed by atoms with Crippen LogP contribution in [0.3, 0.4) is 0 Å². The highest BCUT2D eigenvalue weighted by Gasteiger charge is 2.02. The number of nitrogens with zero attached hydrogens (tertiary/aromatic N) is 1. The Balaban J connectivity index is 2.06. The Hall–Kier alpha value is -1.88. The summed E-state index contributed by atoms with van der Waals surface area (Å²) in [4.78, 5) is 14.5. The molecule has 0 aliphatic rings. The molecule has 4 nitrogen and oxygen atoms in total. The van der Waals surface area contributed by atoms with Crippen molar-refractivity contribution in [2.24, 2.45) is 0 Å². The summed E-state index contributed by atoms with van der Waals surface area (Å²) in [6.07, 6.45) is -0.146. The number of benzene rings is 1. The van der Waals surface area contributed by atoms with Crippen molar-refractivity contribution in [1.29, 1.82) is 0 Å². The number of carboxylic acids is 1. The molecule has 0 spiro atoms. The minimum atomic E-state index is -1.11. The van der Waals surface area contributed by atoms with E-state index < -0.39 is 5.97 Å². The standard InChI is InChI=1S/C11H10N2O2S/c14-10(15)6-9-7-16-11(13-9)12-8-4-2-1-3-5-8/h1-5,7H,6H2,(H,12,13)(H,14,15)/p-1. The first-order valence-electron chi connectivity index (χ1n) is 4.70. The molecule has 16 heavy (non-hydrogen) atoms. The van der Waals surface area contributed by atoms with Crippen molar-refractivity contribution >= 4 is 28.1 Å². The minimum Gasteiger partial charge on any atom is -0.550 e. The van der Waals surface area contributed by atoms with Gasteiger partial charge in [0.1, 0.15) is 0 Å². The second kappa shape index (κ2) is 4.76. The third-order valence-corrected chi connectivity index (χ3v) is 2.71. The molecule has 0 saturated carbocycles. The SMILES string of the molecule is O=C([O-])Cc1csc(Nc2ccccc2)n1. The highest BCUT2D eigenvalue weighted by Crippen LogP contribution is 2.20. The first-order valence-corrected chi connectivity index (χ1v) is 5.58.